The first-order valence-corrected chi connectivity index (χ1v) is 9.62. The molecule has 7 nitrogen and oxygen atoms in total. The molecule has 0 spiro atoms. The minimum Gasteiger partial charge on any atom is -0.388 e. The maximum absolute atomic E-state index is 12.5. The summed E-state index contributed by atoms with van der Waals surface area (Å²) in [5.74, 6) is -0.756. The summed E-state index contributed by atoms with van der Waals surface area (Å²) in [7, 11) is 1.86. The van der Waals surface area contributed by atoms with Gasteiger partial charge in [-0.15, -0.1) is 0 Å². The predicted molar refractivity (Wildman–Crippen MR) is 110 cm³/mol. The van der Waals surface area contributed by atoms with Crippen LogP contribution < -0.4 is 5.32 Å². The molecule has 148 valence electrons. The first-order chi connectivity index (χ1) is 14.0. The Balaban J connectivity index is 1.52. The van der Waals surface area contributed by atoms with Crippen LogP contribution in [0.2, 0.25) is 0 Å². The second-order valence-corrected chi connectivity index (χ2v) is 7.24. The van der Waals surface area contributed by atoms with Gasteiger partial charge < -0.3 is 5.32 Å². The van der Waals surface area contributed by atoms with Crippen molar-refractivity contribution in [2.45, 2.75) is 13.3 Å². The van der Waals surface area contributed by atoms with Crippen LogP contribution in [0.3, 0.4) is 0 Å². The third-order valence-corrected chi connectivity index (χ3v) is 5.35. The van der Waals surface area contributed by atoms with Crippen molar-refractivity contribution >= 4 is 29.1 Å². The summed E-state index contributed by atoms with van der Waals surface area (Å²) in [5.41, 5.74) is 3.59. The molecular formula is C22H22N4O3. The van der Waals surface area contributed by atoms with Crippen molar-refractivity contribution in [3.05, 3.63) is 65.2 Å². The lowest BCUT2D eigenvalue weighted by molar-refractivity contribution is -0.132. The Morgan fingerprint density at radius 3 is 2.17 bits per heavy atom. The van der Waals surface area contributed by atoms with Gasteiger partial charge in [0.1, 0.15) is 0 Å². The molecule has 2 aliphatic heterocycles. The molecular weight excluding hydrogens is 368 g/mol. The number of anilines is 1. The molecule has 0 aromatic heterocycles. The van der Waals surface area contributed by atoms with Gasteiger partial charge in [-0.1, -0.05) is 31.2 Å². The molecule has 0 aliphatic carbocycles. The molecule has 0 radical (unpaired) electrons. The molecule has 7 heteroatoms. The van der Waals surface area contributed by atoms with Gasteiger partial charge in [-0.3, -0.25) is 19.3 Å². The zero-order valence-corrected chi connectivity index (χ0v) is 16.4. The van der Waals surface area contributed by atoms with Crippen LogP contribution in [-0.2, 0) is 4.79 Å². The Bertz CT molecular complexity index is 978. The summed E-state index contributed by atoms with van der Waals surface area (Å²) in [4.78, 5) is 38.7. The molecule has 3 amide bonds. The largest absolute Gasteiger partial charge is 0.388 e. The summed E-state index contributed by atoms with van der Waals surface area (Å²) in [6.45, 7) is 2.27. The second-order valence-electron chi connectivity index (χ2n) is 7.24. The molecule has 2 aliphatic rings. The third kappa shape index (κ3) is 3.40. The zero-order chi connectivity index (χ0) is 20.5. The van der Waals surface area contributed by atoms with Crippen molar-refractivity contribution in [1.29, 1.82) is 0 Å². The molecule has 0 bridgehead atoms. The Labute approximate surface area is 169 Å². The number of carbonyl (C=O) groups is 3. The van der Waals surface area contributed by atoms with Crippen LogP contribution in [0, 0.1) is 5.92 Å². The van der Waals surface area contributed by atoms with E-state index in [1.807, 2.05) is 38.2 Å². The van der Waals surface area contributed by atoms with Crippen LogP contribution in [0.5, 0.6) is 0 Å². The number of rotatable bonds is 5. The number of carbonyl (C=O) groups excluding carboxylic acids is 3. The number of nitrogens with one attached hydrogen (secondary N) is 1. The van der Waals surface area contributed by atoms with Crippen LogP contribution >= 0.6 is 0 Å². The summed E-state index contributed by atoms with van der Waals surface area (Å²) in [6, 6.07) is 14.6. The van der Waals surface area contributed by atoms with Gasteiger partial charge in [0.25, 0.3) is 11.8 Å². The average molecular weight is 390 g/mol. The van der Waals surface area contributed by atoms with Crippen LogP contribution in [0.4, 0.5) is 5.69 Å². The van der Waals surface area contributed by atoms with E-state index in [-0.39, 0.29) is 36.7 Å². The maximum atomic E-state index is 12.5. The SMILES string of the molecule is CNc1ccc(C2=NN(CCN3C(=O)c4ccccc4C3=O)C(=O)CC2C)cc1. The molecule has 2 aromatic rings. The molecule has 1 N–H and O–H groups in total. The third-order valence-electron chi connectivity index (χ3n) is 5.35. The van der Waals surface area contributed by atoms with Gasteiger partial charge >= 0.3 is 0 Å². The number of hydrogen-bond acceptors (Lipinski definition) is 5. The van der Waals surface area contributed by atoms with Crippen molar-refractivity contribution in [1.82, 2.24) is 9.91 Å². The highest BCUT2D eigenvalue weighted by molar-refractivity contribution is 6.21. The highest BCUT2D eigenvalue weighted by atomic mass is 16.2. The number of fused-ring (bicyclic) bond motifs is 1. The Kier molecular flexibility index (Phi) is 4.88. The van der Waals surface area contributed by atoms with E-state index < -0.39 is 0 Å². The number of amides is 3. The van der Waals surface area contributed by atoms with Crippen molar-refractivity contribution in [3.8, 4) is 0 Å². The quantitative estimate of drug-likeness (QED) is 0.796. The summed E-state index contributed by atoms with van der Waals surface area (Å²) in [6.07, 6.45) is 0.342. The van der Waals surface area contributed by atoms with Crippen molar-refractivity contribution in [2.24, 2.45) is 11.0 Å². The molecule has 4 rings (SSSR count). The topological polar surface area (TPSA) is 82.1 Å². The fourth-order valence-corrected chi connectivity index (χ4v) is 3.71. The molecule has 0 fully saturated rings. The zero-order valence-electron chi connectivity index (χ0n) is 16.4. The first-order valence-electron chi connectivity index (χ1n) is 9.62. The normalized spacial score (nSPS) is 18.8. The van der Waals surface area contributed by atoms with Crippen molar-refractivity contribution < 1.29 is 14.4 Å². The van der Waals surface area contributed by atoms with E-state index in [4.69, 9.17) is 0 Å². The number of benzene rings is 2. The number of imide groups is 1. The van der Waals surface area contributed by atoms with Crippen LogP contribution in [-0.4, -0.2) is 53.5 Å². The number of hydrogen-bond donors (Lipinski definition) is 1. The second kappa shape index (κ2) is 7.50. The van der Waals surface area contributed by atoms with E-state index in [2.05, 4.69) is 10.4 Å². The van der Waals surface area contributed by atoms with Gasteiger partial charge in [0.2, 0.25) is 5.91 Å². The summed E-state index contributed by atoms with van der Waals surface area (Å²) in [5, 5.41) is 9.02. The van der Waals surface area contributed by atoms with Gasteiger partial charge in [-0.2, -0.15) is 5.10 Å². The van der Waals surface area contributed by atoms with Crippen LogP contribution in [0.25, 0.3) is 0 Å². The Morgan fingerprint density at radius 2 is 1.59 bits per heavy atom. The van der Waals surface area contributed by atoms with E-state index in [9.17, 15) is 14.4 Å². The number of nitrogens with zero attached hydrogens (tertiary/aromatic N) is 3. The van der Waals surface area contributed by atoms with Gasteiger partial charge in [0.05, 0.1) is 23.4 Å². The molecule has 1 unspecified atom stereocenters. The predicted octanol–water partition coefficient (Wildman–Crippen LogP) is 2.60. The highest BCUT2D eigenvalue weighted by Gasteiger charge is 2.36. The summed E-state index contributed by atoms with van der Waals surface area (Å²) < 4.78 is 0. The molecule has 2 aromatic carbocycles. The van der Waals surface area contributed by atoms with E-state index in [0.29, 0.717) is 17.5 Å². The maximum Gasteiger partial charge on any atom is 0.261 e. The number of hydrazone groups is 1. The molecule has 29 heavy (non-hydrogen) atoms. The molecule has 1 atom stereocenters. The Hall–Kier alpha value is -3.48. The smallest absolute Gasteiger partial charge is 0.261 e. The summed E-state index contributed by atoms with van der Waals surface area (Å²) >= 11 is 0. The van der Waals surface area contributed by atoms with Crippen LogP contribution in [0.1, 0.15) is 39.6 Å². The average Bonchev–Trinajstić information content (AvgIpc) is 2.98. The van der Waals surface area contributed by atoms with Crippen molar-refractivity contribution in [3.63, 3.8) is 0 Å². The van der Waals surface area contributed by atoms with Gasteiger partial charge in [-0.25, -0.2) is 5.01 Å². The minimum atomic E-state index is -0.324. The standard InChI is InChI=1S/C22H22N4O3/c1-14-13-19(27)26(24-20(14)15-7-9-16(23-2)10-8-15)12-11-25-21(28)17-5-3-4-6-18(17)22(25)29/h3-10,14,23H,11-13H2,1-2H3. The van der Waals surface area contributed by atoms with Gasteiger partial charge in [0.15, 0.2) is 0 Å². The molecule has 2 heterocycles. The fourth-order valence-electron chi connectivity index (χ4n) is 3.71. The van der Waals surface area contributed by atoms with Crippen LogP contribution in [0.15, 0.2) is 53.6 Å². The Morgan fingerprint density at radius 1 is 0.966 bits per heavy atom. The van der Waals surface area contributed by atoms with E-state index in [1.54, 1.807) is 24.3 Å². The van der Waals surface area contributed by atoms with Gasteiger partial charge in [-0.05, 0) is 29.8 Å². The molecule has 0 saturated heterocycles. The monoisotopic (exact) mass is 390 g/mol. The van der Waals surface area contributed by atoms with Gasteiger partial charge in [0, 0.05) is 31.6 Å². The molecule has 0 saturated carbocycles. The van der Waals surface area contributed by atoms with E-state index >= 15 is 0 Å². The highest BCUT2D eigenvalue weighted by Crippen LogP contribution is 2.24. The van der Waals surface area contributed by atoms with Crippen molar-refractivity contribution in [2.75, 3.05) is 25.5 Å². The lowest BCUT2D eigenvalue weighted by Crippen LogP contribution is -2.42. The fraction of sp³-hybridized carbons (Fsp3) is 0.273. The van der Waals surface area contributed by atoms with E-state index in [0.717, 1.165) is 17.0 Å². The van der Waals surface area contributed by atoms with E-state index in [1.165, 1.54) is 9.91 Å². The lowest BCUT2D eigenvalue weighted by Gasteiger charge is -2.28. The minimum absolute atomic E-state index is 0.00140. The first kappa shape index (κ1) is 18.9. The lowest BCUT2D eigenvalue weighted by atomic mass is 9.93.